The van der Waals surface area contributed by atoms with Gasteiger partial charge in [0.15, 0.2) is 5.60 Å². The number of aliphatic carboxylic acids is 1. The van der Waals surface area contributed by atoms with E-state index in [2.05, 4.69) is 0 Å². The summed E-state index contributed by atoms with van der Waals surface area (Å²) < 4.78 is 5.07. The maximum atomic E-state index is 11.1. The average Bonchev–Trinajstić information content (AvgIpc) is 2.39. The van der Waals surface area contributed by atoms with Gasteiger partial charge >= 0.3 is 5.97 Å². The van der Waals surface area contributed by atoms with Gasteiger partial charge in [-0.2, -0.15) is 0 Å². The van der Waals surface area contributed by atoms with Gasteiger partial charge < -0.3 is 19.8 Å². The first-order valence-corrected chi connectivity index (χ1v) is 5.90. The lowest BCUT2D eigenvalue weighted by molar-refractivity contribution is -0.159. The number of carboxylic acid groups (broad SMARTS) is 1. The van der Waals surface area contributed by atoms with Gasteiger partial charge in [-0.15, -0.1) is 0 Å². The Kier molecular flexibility index (Phi) is 3.43. The van der Waals surface area contributed by atoms with E-state index in [4.69, 9.17) is 9.84 Å². The molecule has 1 heterocycles. The Balaban J connectivity index is 2.15. The van der Waals surface area contributed by atoms with E-state index in [9.17, 15) is 9.90 Å². The molecule has 18 heavy (non-hydrogen) atoms. The van der Waals surface area contributed by atoms with Gasteiger partial charge in [0, 0.05) is 12.2 Å². The molecule has 0 amide bonds. The number of β-amino-alcohol motifs (C(OH)–C–C–N with tert-alkyl or cyclic N) is 1. The average molecular weight is 251 g/mol. The van der Waals surface area contributed by atoms with Crippen molar-refractivity contribution in [3.8, 4) is 5.75 Å². The highest BCUT2D eigenvalue weighted by Gasteiger charge is 2.40. The summed E-state index contributed by atoms with van der Waals surface area (Å²) in [5, 5.41) is 19.1. The Hall–Kier alpha value is -1.75. The molecule has 0 bridgehead atoms. The Morgan fingerprint density at radius 2 is 2.06 bits per heavy atom. The third kappa shape index (κ3) is 2.41. The Morgan fingerprint density at radius 3 is 2.61 bits per heavy atom. The van der Waals surface area contributed by atoms with Crippen LogP contribution in [0.2, 0.25) is 0 Å². The highest BCUT2D eigenvalue weighted by molar-refractivity contribution is 5.78. The van der Waals surface area contributed by atoms with E-state index in [0.29, 0.717) is 12.8 Å². The van der Waals surface area contributed by atoms with Crippen LogP contribution in [0.15, 0.2) is 24.3 Å². The Morgan fingerprint density at radius 1 is 1.39 bits per heavy atom. The molecule has 0 saturated carbocycles. The van der Waals surface area contributed by atoms with Gasteiger partial charge in [-0.05, 0) is 37.1 Å². The molecule has 1 aromatic rings. The second kappa shape index (κ2) is 4.86. The van der Waals surface area contributed by atoms with Gasteiger partial charge in [0.25, 0.3) is 0 Å². The summed E-state index contributed by atoms with van der Waals surface area (Å²) in [4.78, 5) is 12.9. The van der Waals surface area contributed by atoms with Gasteiger partial charge in [0.05, 0.1) is 13.7 Å². The van der Waals surface area contributed by atoms with Crippen LogP contribution >= 0.6 is 0 Å². The number of hydrogen-bond acceptors (Lipinski definition) is 4. The van der Waals surface area contributed by atoms with Crippen LogP contribution in [0.25, 0.3) is 0 Å². The maximum absolute atomic E-state index is 11.1. The van der Waals surface area contributed by atoms with Crippen LogP contribution in [0.1, 0.15) is 12.8 Å². The van der Waals surface area contributed by atoms with E-state index in [1.807, 2.05) is 29.2 Å². The SMILES string of the molecule is COc1ccc(N2CCCC(O)(C(=O)O)C2)cc1. The zero-order valence-electron chi connectivity index (χ0n) is 10.3. The number of rotatable bonds is 3. The summed E-state index contributed by atoms with van der Waals surface area (Å²) in [6.07, 6.45) is 0.962. The molecular weight excluding hydrogens is 234 g/mol. The zero-order chi connectivity index (χ0) is 13.2. The second-order valence-electron chi connectivity index (χ2n) is 4.56. The molecule has 1 saturated heterocycles. The molecule has 0 radical (unpaired) electrons. The van der Waals surface area contributed by atoms with Crippen molar-refractivity contribution in [2.75, 3.05) is 25.1 Å². The zero-order valence-corrected chi connectivity index (χ0v) is 10.3. The summed E-state index contributed by atoms with van der Waals surface area (Å²) in [7, 11) is 1.60. The van der Waals surface area contributed by atoms with Crippen molar-refractivity contribution in [1.29, 1.82) is 0 Å². The molecular formula is C13H17NO4. The molecule has 0 aromatic heterocycles. The van der Waals surface area contributed by atoms with Crippen molar-refractivity contribution < 1.29 is 19.7 Å². The quantitative estimate of drug-likeness (QED) is 0.842. The number of nitrogens with zero attached hydrogens (tertiary/aromatic N) is 1. The Bertz CT molecular complexity index is 431. The molecule has 2 rings (SSSR count). The van der Waals surface area contributed by atoms with Gasteiger partial charge in [-0.3, -0.25) is 0 Å². The van der Waals surface area contributed by atoms with E-state index in [1.54, 1.807) is 7.11 Å². The summed E-state index contributed by atoms with van der Waals surface area (Å²) in [5.74, 6) is -0.398. The highest BCUT2D eigenvalue weighted by Crippen LogP contribution is 2.27. The lowest BCUT2D eigenvalue weighted by atomic mass is 9.92. The molecule has 1 aliphatic rings. The lowest BCUT2D eigenvalue weighted by Crippen LogP contribution is -2.53. The number of benzene rings is 1. The minimum Gasteiger partial charge on any atom is -0.497 e. The number of piperidine rings is 1. The van der Waals surface area contributed by atoms with E-state index in [-0.39, 0.29) is 6.54 Å². The smallest absolute Gasteiger partial charge is 0.337 e. The number of carboxylic acids is 1. The number of ether oxygens (including phenoxy) is 1. The van der Waals surface area contributed by atoms with Crippen molar-refractivity contribution in [1.82, 2.24) is 0 Å². The van der Waals surface area contributed by atoms with Gasteiger partial charge in [-0.1, -0.05) is 0 Å². The highest BCUT2D eigenvalue weighted by atomic mass is 16.5. The summed E-state index contributed by atoms with van der Waals surface area (Å²) in [6, 6.07) is 7.38. The molecule has 5 nitrogen and oxygen atoms in total. The summed E-state index contributed by atoms with van der Waals surface area (Å²) in [6.45, 7) is 0.872. The minimum atomic E-state index is -1.64. The number of hydrogen-bond donors (Lipinski definition) is 2. The third-order valence-electron chi connectivity index (χ3n) is 3.31. The van der Waals surface area contributed by atoms with Crippen molar-refractivity contribution in [2.45, 2.75) is 18.4 Å². The predicted octanol–water partition coefficient (Wildman–Crippen LogP) is 1.11. The molecule has 0 aliphatic carbocycles. The van der Waals surface area contributed by atoms with Crippen molar-refractivity contribution in [3.63, 3.8) is 0 Å². The fourth-order valence-corrected chi connectivity index (χ4v) is 2.22. The number of anilines is 1. The summed E-state index contributed by atoms with van der Waals surface area (Å²) in [5.41, 5.74) is -0.742. The van der Waals surface area contributed by atoms with Crippen LogP contribution in [0.3, 0.4) is 0 Å². The van der Waals surface area contributed by atoms with E-state index < -0.39 is 11.6 Å². The first-order valence-electron chi connectivity index (χ1n) is 5.90. The fourth-order valence-electron chi connectivity index (χ4n) is 2.22. The molecule has 0 spiro atoms. The first-order chi connectivity index (χ1) is 8.55. The van der Waals surface area contributed by atoms with Crippen molar-refractivity contribution in [2.24, 2.45) is 0 Å². The van der Waals surface area contributed by atoms with Gasteiger partial charge in [-0.25, -0.2) is 4.79 Å². The monoisotopic (exact) mass is 251 g/mol. The standard InChI is InChI=1S/C13H17NO4/c1-18-11-5-3-10(4-6-11)14-8-2-7-13(17,9-14)12(15)16/h3-6,17H,2,7-9H2,1H3,(H,15,16). The molecule has 2 N–H and O–H groups in total. The number of carbonyl (C=O) groups is 1. The molecule has 98 valence electrons. The topological polar surface area (TPSA) is 70.0 Å². The second-order valence-corrected chi connectivity index (χ2v) is 4.56. The Labute approximate surface area is 106 Å². The van der Waals surface area contributed by atoms with Crippen LogP contribution in [-0.2, 0) is 4.79 Å². The van der Waals surface area contributed by atoms with Gasteiger partial charge in [0.2, 0.25) is 0 Å². The molecule has 1 fully saturated rings. The number of methoxy groups -OCH3 is 1. The number of aliphatic hydroxyl groups is 1. The van der Waals surface area contributed by atoms with Crippen LogP contribution in [0.5, 0.6) is 5.75 Å². The van der Waals surface area contributed by atoms with Crippen molar-refractivity contribution >= 4 is 11.7 Å². The van der Waals surface area contributed by atoms with Crippen LogP contribution in [-0.4, -0.2) is 42.0 Å². The lowest BCUT2D eigenvalue weighted by Gasteiger charge is -2.37. The molecule has 1 atom stereocenters. The normalized spacial score (nSPS) is 23.8. The fraction of sp³-hybridized carbons (Fsp3) is 0.462. The van der Waals surface area contributed by atoms with Crippen LogP contribution < -0.4 is 9.64 Å². The van der Waals surface area contributed by atoms with Crippen molar-refractivity contribution in [3.05, 3.63) is 24.3 Å². The van der Waals surface area contributed by atoms with E-state index >= 15 is 0 Å². The molecule has 1 aromatic carbocycles. The third-order valence-corrected chi connectivity index (χ3v) is 3.31. The maximum Gasteiger partial charge on any atom is 0.337 e. The minimum absolute atomic E-state index is 0.120. The first kappa shape index (κ1) is 12.7. The predicted molar refractivity (Wildman–Crippen MR) is 67.0 cm³/mol. The largest absolute Gasteiger partial charge is 0.497 e. The van der Waals surface area contributed by atoms with Gasteiger partial charge in [0.1, 0.15) is 5.75 Å². The summed E-state index contributed by atoms with van der Waals surface area (Å²) >= 11 is 0. The van der Waals surface area contributed by atoms with Crippen LogP contribution in [0, 0.1) is 0 Å². The van der Waals surface area contributed by atoms with E-state index in [0.717, 1.165) is 18.0 Å². The van der Waals surface area contributed by atoms with E-state index in [1.165, 1.54) is 0 Å². The molecule has 1 unspecified atom stereocenters. The molecule has 5 heteroatoms. The molecule has 1 aliphatic heterocycles. The van der Waals surface area contributed by atoms with Crippen LogP contribution in [0.4, 0.5) is 5.69 Å².